The largest absolute Gasteiger partial charge is 0.487 e. The van der Waals surface area contributed by atoms with E-state index in [1.54, 1.807) is 32.2 Å². The van der Waals surface area contributed by atoms with E-state index in [4.69, 9.17) is 21.1 Å². The van der Waals surface area contributed by atoms with Gasteiger partial charge in [-0.25, -0.2) is 4.98 Å². The summed E-state index contributed by atoms with van der Waals surface area (Å²) in [4.78, 5) is 34.3. The Morgan fingerprint density at radius 2 is 2.13 bits per heavy atom. The lowest BCUT2D eigenvalue weighted by molar-refractivity contribution is -0.115. The van der Waals surface area contributed by atoms with Crippen molar-refractivity contribution in [2.75, 3.05) is 25.6 Å². The molecule has 3 rings (SSSR count). The Morgan fingerprint density at radius 1 is 1.35 bits per heavy atom. The third-order valence-corrected chi connectivity index (χ3v) is 7.24. The van der Waals surface area contributed by atoms with Gasteiger partial charge in [0.2, 0.25) is 5.91 Å². The van der Waals surface area contributed by atoms with Crippen LogP contribution in [0.1, 0.15) is 23.2 Å². The zero-order chi connectivity index (χ0) is 22.5. The Kier molecular flexibility index (Phi) is 7.99. The summed E-state index contributed by atoms with van der Waals surface area (Å²) < 4.78 is 10.6. The topological polar surface area (TPSA) is 93.3 Å². The van der Waals surface area contributed by atoms with Crippen LogP contribution in [0, 0.1) is 13.8 Å². The average Bonchev–Trinajstić information content (AvgIpc) is 3.02. The fourth-order valence-electron chi connectivity index (χ4n) is 2.86. The van der Waals surface area contributed by atoms with E-state index in [2.05, 4.69) is 15.3 Å². The number of carbonyl (C=O) groups is 1. The molecule has 0 aliphatic heterocycles. The third kappa shape index (κ3) is 5.60. The molecular formula is C21H24ClN3O4S2. The molecule has 7 nitrogen and oxygen atoms in total. The molecule has 1 aromatic carbocycles. The van der Waals surface area contributed by atoms with Crippen molar-refractivity contribution in [3.05, 3.63) is 49.8 Å². The number of para-hydroxylation sites is 1. The van der Waals surface area contributed by atoms with Crippen LogP contribution in [0.25, 0.3) is 10.2 Å². The van der Waals surface area contributed by atoms with Crippen molar-refractivity contribution in [1.29, 1.82) is 0 Å². The highest BCUT2D eigenvalue weighted by atomic mass is 35.5. The fourth-order valence-corrected chi connectivity index (χ4v) is 4.90. The number of carbonyl (C=O) groups excluding carboxylic acids is 1. The lowest BCUT2D eigenvalue weighted by atomic mass is 10.2. The maximum absolute atomic E-state index is 12.7. The third-order valence-electron chi connectivity index (χ3n) is 4.69. The van der Waals surface area contributed by atoms with Crippen LogP contribution in [0.5, 0.6) is 5.75 Å². The number of nitrogens with one attached hydrogen (secondary N) is 2. The molecule has 2 aromatic heterocycles. The highest BCUT2D eigenvalue weighted by molar-refractivity contribution is 7.99. The number of anilines is 1. The van der Waals surface area contributed by atoms with Crippen molar-refractivity contribution in [1.82, 2.24) is 9.97 Å². The molecule has 166 valence electrons. The normalized spacial score (nSPS) is 12.2. The van der Waals surface area contributed by atoms with Crippen LogP contribution in [0.4, 0.5) is 5.69 Å². The first-order chi connectivity index (χ1) is 14.8. The van der Waals surface area contributed by atoms with Crippen LogP contribution >= 0.6 is 34.7 Å². The summed E-state index contributed by atoms with van der Waals surface area (Å²) in [5.41, 5.74) is 1.32. The van der Waals surface area contributed by atoms with Gasteiger partial charge in [-0.3, -0.25) is 9.59 Å². The molecule has 0 radical (unpaired) electrons. The first-order valence-corrected chi connectivity index (χ1v) is 11.9. The summed E-state index contributed by atoms with van der Waals surface area (Å²) in [6.07, 6.45) is 0. The minimum atomic E-state index is -0.390. The van der Waals surface area contributed by atoms with E-state index >= 15 is 0 Å². The number of ether oxygens (including phenoxy) is 2. The van der Waals surface area contributed by atoms with Gasteiger partial charge in [0.05, 0.1) is 33.7 Å². The quantitative estimate of drug-likeness (QED) is 0.436. The van der Waals surface area contributed by atoms with Gasteiger partial charge in [-0.15, -0.1) is 23.1 Å². The van der Waals surface area contributed by atoms with Crippen LogP contribution < -0.4 is 15.6 Å². The van der Waals surface area contributed by atoms with Crippen molar-refractivity contribution in [2.24, 2.45) is 0 Å². The number of hydrogen-bond acceptors (Lipinski definition) is 7. The first kappa shape index (κ1) is 23.6. The summed E-state index contributed by atoms with van der Waals surface area (Å²) in [5.74, 6) is 1.17. The van der Waals surface area contributed by atoms with Gasteiger partial charge in [-0.2, -0.15) is 0 Å². The number of benzene rings is 1. The predicted octanol–water partition coefficient (Wildman–Crippen LogP) is 4.54. The van der Waals surface area contributed by atoms with Crippen LogP contribution in [-0.2, 0) is 15.3 Å². The standard InChI is InChI=1S/C21H24ClN3O4S2/c1-11-12(2)31-21-17(11)20(27)24-16(25-21)10-30-13(3)19(26)23-15-7-5-6-14(22)18(15)29-9-8-28-4/h5-7,13H,8-10H2,1-4H3,(H,23,26)(H,24,25,27). The molecule has 31 heavy (non-hydrogen) atoms. The summed E-state index contributed by atoms with van der Waals surface area (Å²) in [6, 6.07) is 5.18. The molecule has 10 heteroatoms. The van der Waals surface area contributed by atoms with E-state index in [0.29, 0.717) is 46.6 Å². The number of aromatic nitrogens is 2. The first-order valence-electron chi connectivity index (χ1n) is 9.63. The Bertz CT molecular complexity index is 1150. The summed E-state index contributed by atoms with van der Waals surface area (Å²) >= 11 is 9.11. The van der Waals surface area contributed by atoms with Crippen molar-refractivity contribution in [3.63, 3.8) is 0 Å². The monoisotopic (exact) mass is 481 g/mol. The van der Waals surface area contributed by atoms with Crippen molar-refractivity contribution >= 4 is 56.5 Å². The van der Waals surface area contributed by atoms with Gasteiger partial charge < -0.3 is 19.8 Å². The number of methoxy groups -OCH3 is 1. The minimum absolute atomic E-state index is 0.142. The van der Waals surface area contributed by atoms with Crippen molar-refractivity contribution in [3.8, 4) is 5.75 Å². The van der Waals surface area contributed by atoms with Crippen molar-refractivity contribution in [2.45, 2.75) is 31.8 Å². The number of halogens is 1. The number of aryl methyl sites for hydroxylation is 2. The second-order valence-corrected chi connectivity index (χ2v) is 9.82. The van der Waals surface area contributed by atoms with Gasteiger partial charge in [0.25, 0.3) is 5.56 Å². The Labute approximate surface area is 193 Å². The molecule has 2 N–H and O–H groups in total. The maximum atomic E-state index is 12.7. The van der Waals surface area contributed by atoms with E-state index in [-0.39, 0.29) is 11.5 Å². The summed E-state index contributed by atoms with van der Waals surface area (Å²) in [6.45, 7) is 6.42. The van der Waals surface area contributed by atoms with Gasteiger partial charge in [0, 0.05) is 12.0 Å². The second kappa shape index (κ2) is 10.5. The molecule has 0 fully saturated rings. The predicted molar refractivity (Wildman–Crippen MR) is 128 cm³/mol. The molecule has 1 atom stereocenters. The maximum Gasteiger partial charge on any atom is 0.259 e. The fraction of sp³-hybridized carbons (Fsp3) is 0.381. The Morgan fingerprint density at radius 3 is 2.87 bits per heavy atom. The van der Waals surface area contributed by atoms with Gasteiger partial charge in [-0.05, 0) is 38.5 Å². The number of H-pyrrole nitrogens is 1. The summed E-state index contributed by atoms with van der Waals surface area (Å²) in [5, 5.41) is 3.53. The molecule has 1 amide bonds. The molecule has 0 saturated carbocycles. The molecule has 0 aliphatic carbocycles. The van der Waals surface area contributed by atoms with E-state index in [1.807, 2.05) is 13.8 Å². The van der Waals surface area contributed by atoms with Crippen molar-refractivity contribution < 1.29 is 14.3 Å². The highest BCUT2D eigenvalue weighted by Crippen LogP contribution is 2.33. The number of rotatable bonds is 9. The van der Waals surface area contributed by atoms with E-state index < -0.39 is 5.25 Å². The van der Waals surface area contributed by atoms with Crippen LogP contribution in [0.3, 0.4) is 0 Å². The number of aromatic amines is 1. The molecular weight excluding hydrogens is 458 g/mol. The number of thiophene rings is 1. The minimum Gasteiger partial charge on any atom is -0.487 e. The smallest absolute Gasteiger partial charge is 0.259 e. The highest BCUT2D eigenvalue weighted by Gasteiger charge is 2.18. The van der Waals surface area contributed by atoms with Crippen LogP contribution in [0.2, 0.25) is 5.02 Å². The van der Waals surface area contributed by atoms with E-state index in [0.717, 1.165) is 15.3 Å². The molecule has 3 aromatic rings. The zero-order valence-corrected chi connectivity index (χ0v) is 20.1. The van der Waals surface area contributed by atoms with Gasteiger partial charge in [0.1, 0.15) is 17.3 Å². The van der Waals surface area contributed by atoms with Gasteiger partial charge in [-0.1, -0.05) is 17.7 Å². The number of hydrogen-bond donors (Lipinski definition) is 2. The molecule has 0 spiro atoms. The number of fused-ring (bicyclic) bond motifs is 1. The van der Waals surface area contributed by atoms with Crippen LogP contribution in [-0.4, -0.2) is 41.4 Å². The lowest BCUT2D eigenvalue weighted by Crippen LogP contribution is -2.23. The Hall–Kier alpha value is -2.07. The van der Waals surface area contributed by atoms with Crippen LogP contribution in [0.15, 0.2) is 23.0 Å². The van der Waals surface area contributed by atoms with E-state index in [9.17, 15) is 9.59 Å². The lowest BCUT2D eigenvalue weighted by Gasteiger charge is -2.16. The number of thioether (sulfide) groups is 1. The van der Waals surface area contributed by atoms with E-state index in [1.165, 1.54) is 23.1 Å². The molecule has 0 aliphatic rings. The van der Waals surface area contributed by atoms with Gasteiger partial charge >= 0.3 is 0 Å². The number of nitrogens with zero attached hydrogens (tertiary/aromatic N) is 1. The SMILES string of the molecule is COCCOc1c(Cl)cccc1NC(=O)C(C)SCc1nc2sc(C)c(C)c2c(=O)[nH]1. The molecule has 1 unspecified atom stereocenters. The molecule has 2 heterocycles. The Balaban J connectivity index is 1.66. The average molecular weight is 482 g/mol. The molecule has 0 saturated heterocycles. The second-order valence-electron chi connectivity index (χ2n) is 6.88. The summed E-state index contributed by atoms with van der Waals surface area (Å²) in [7, 11) is 1.58. The zero-order valence-electron chi connectivity index (χ0n) is 17.7. The van der Waals surface area contributed by atoms with Gasteiger partial charge in [0.15, 0.2) is 5.75 Å². The molecule has 0 bridgehead atoms. The number of amides is 1.